The Labute approximate surface area is 260 Å². The molecular formula is C33H46N2O6S2. The molecule has 1 saturated carbocycles. The summed E-state index contributed by atoms with van der Waals surface area (Å²) in [6.45, 7) is 3.42. The Morgan fingerprint density at radius 3 is 2.53 bits per heavy atom. The molecule has 8 nitrogen and oxygen atoms in total. The molecule has 4 rings (SSSR count). The van der Waals surface area contributed by atoms with E-state index in [4.69, 9.17) is 4.74 Å². The van der Waals surface area contributed by atoms with Gasteiger partial charge in [0.1, 0.15) is 6.04 Å². The lowest BCUT2D eigenvalue weighted by atomic mass is 9.91. The van der Waals surface area contributed by atoms with Gasteiger partial charge in [0, 0.05) is 31.8 Å². The van der Waals surface area contributed by atoms with Crippen molar-refractivity contribution in [3.8, 4) is 11.1 Å². The molecule has 0 bridgehead atoms. The first kappa shape index (κ1) is 33.5. The van der Waals surface area contributed by atoms with Gasteiger partial charge in [-0.25, -0.2) is 13.2 Å². The van der Waals surface area contributed by atoms with E-state index in [-0.39, 0.29) is 17.7 Å². The van der Waals surface area contributed by atoms with Crippen molar-refractivity contribution in [2.45, 2.75) is 75.7 Å². The molecule has 0 spiro atoms. The summed E-state index contributed by atoms with van der Waals surface area (Å²) in [6.07, 6.45) is 8.24. The van der Waals surface area contributed by atoms with Gasteiger partial charge in [-0.2, -0.15) is 11.8 Å². The summed E-state index contributed by atoms with van der Waals surface area (Å²) in [7, 11) is -1.59. The number of amides is 1. The van der Waals surface area contributed by atoms with Crippen LogP contribution in [0, 0.1) is 12.8 Å². The van der Waals surface area contributed by atoms with E-state index in [2.05, 4.69) is 10.2 Å². The Balaban J connectivity index is 1.59. The van der Waals surface area contributed by atoms with Crippen molar-refractivity contribution in [1.29, 1.82) is 0 Å². The van der Waals surface area contributed by atoms with E-state index in [9.17, 15) is 23.1 Å². The zero-order valence-electron chi connectivity index (χ0n) is 25.6. The molecule has 2 fully saturated rings. The predicted molar refractivity (Wildman–Crippen MR) is 173 cm³/mol. The summed E-state index contributed by atoms with van der Waals surface area (Å²) < 4.78 is 32.5. The smallest absolute Gasteiger partial charge is 0.326 e. The minimum Gasteiger partial charge on any atom is -0.480 e. The van der Waals surface area contributed by atoms with Gasteiger partial charge in [-0.1, -0.05) is 49.6 Å². The zero-order valence-corrected chi connectivity index (χ0v) is 27.2. The van der Waals surface area contributed by atoms with Crippen LogP contribution in [-0.4, -0.2) is 85.7 Å². The number of carbonyl (C=O) groups excluding carboxylic acids is 1. The molecule has 2 aromatic carbocycles. The molecule has 0 unspecified atom stereocenters. The monoisotopic (exact) mass is 630 g/mol. The van der Waals surface area contributed by atoms with Crippen LogP contribution in [-0.2, 0) is 25.9 Å². The number of rotatable bonds is 14. The van der Waals surface area contributed by atoms with E-state index < -0.39 is 33.0 Å². The number of thioether (sulfide) groups is 1. The van der Waals surface area contributed by atoms with Gasteiger partial charge < -0.3 is 15.2 Å². The molecule has 1 saturated heterocycles. The van der Waals surface area contributed by atoms with Crippen molar-refractivity contribution in [2.24, 2.45) is 5.92 Å². The number of methoxy groups -OCH3 is 1. The lowest BCUT2D eigenvalue weighted by Crippen LogP contribution is -2.41. The molecule has 1 heterocycles. The number of likely N-dealkylation sites (tertiary alicyclic amines) is 1. The topological polar surface area (TPSA) is 113 Å². The highest BCUT2D eigenvalue weighted by molar-refractivity contribution is 7.98. The number of aryl methyl sites for hydroxylation is 1. The lowest BCUT2D eigenvalue weighted by molar-refractivity contribution is -0.139. The van der Waals surface area contributed by atoms with E-state index in [1.165, 1.54) is 18.2 Å². The van der Waals surface area contributed by atoms with Crippen molar-refractivity contribution < 1.29 is 27.9 Å². The molecule has 2 aliphatic rings. The number of carbonyl (C=O) groups is 2. The second kappa shape index (κ2) is 15.5. The van der Waals surface area contributed by atoms with E-state index >= 15 is 0 Å². The fourth-order valence-corrected chi connectivity index (χ4v) is 9.19. The zero-order chi connectivity index (χ0) is 31.0. The molecule has 0 radical (unpaired) electrons. The maximum atomic E-state index is 13.5. The van der Waals surface area contributed by atoms with Crippen LogP contribution in [0.4, 0.5) is 0 Å². The number of carboxylic acids is 1. The molecule has 236 valence electrons. The van der Waals surface area contributed by atoms with Crippen LogP contribution in [0.15, 0.2) is 42.5 Å². The Morgan fingerprint density at radius 1 is 1.12 bits per heavy atom. The van der Waals surface area contributed by atoms with Crippen LogP contribution in [0.3, 0.4) is 0 Å². The van der Waals surface area contributed by atoms with Gasteiger partial charge in [-0.05, 0) is 84.9 Å². The molecular weight excluding hydrogens is 585 g/mol. The van der Waals surface area contributed by atoms with Crippen molar-refractivity contribution >= 4 is 33.5 Å². The predicted octanol–water partition coefficient (Wildman–Crippen LogP) is 5.18. The lowest BCUT2D eigenvalue weighted by Gasteiger charge is -2.25. The van der Waals surface area contributed by atoms with Crippen LogP contribution in [0.2, 0.25) is 0 Å². The molecule has 0 aromatic heterocycles. The largest absolute Gasteiger partial charge is 0.480 e. The van der Waals surface area contributed by atoms with Gasteiger partial charge in [-0.15, -0.1) is 0 Å². The number of aliphatic carboxylic acids is 1. The quantitative estimate of drug-likeness (QED) is 0.294. The maximum Gasteiger partial charge on any atom is 0.326 e. The number of benzene rings is 2. The second-order valence-electron chi connectivity index (χ2n) is 12.1. The normalized spacial score (nSPS) is 20.6. The second-order valence-corrected chi connectivity index (χ2v) is 15.4. The van der Waals surface area contributed by atoms with E-state index in [0.717, 1.165) is 47.9 Å². The minimum atomic E-state index is -3.24. The first-order valence-corrected chi connectivity index (χ1v) is 18.4. The number of nitrogens with zero attached hydrogens (tertiary/aromatic N) is 1. The number of nitrogens with one attached hydrogen (secondary N) is 1. The Kier molecular flexibility index (Phi) is 12.1. The average Bonchev–Trinajstić information content (AvgIpc) is 3.39. The summed E-state index contributed by atoms with van der Waals surface area (Å²) in [6, 6.07) is 12.5. The molecule has 43 heavy (non-hydrogen) atoms. The van der Waals surface area contributed by atoms with Gasteiger partial charge in [0.2, 0.25) is 0 Å². The van der Waals surface area contributed by atoms with E-state index in [0.29, 0.717) is 43.9 Å². The van der Waals surface area contributed by atoms with Gasteiger partial charge in [0.05, 0.1) is 17.6 Å². The number of hydrogen-bond donors (Lipinski definition) is 2. The SMILES string of the molecule is COC[C@H]1C[C@@H](S(=O)(=O)CC2CCCCC2)CN1Cc1ccc(C(=O)N[C@@H](CCSC)C(=O)O)c(-c2ccccc2C)c1. The third-order valence-electron chi connectivity index (χ3n) is 8.91. The standard InChI is InChI=1S/C33H46N2O6S2/c1-23-9-7-8-12-28(23)30-17-25(13-14-29(30)32(36)34-31(33(37)38)15-16-42-3)19-35-20-27(18-26(35)21-41-2)43(39,40)22-24-10-5-4-6-11-24/h7-9,12-14,17,24,26-27,31H,4-6,10-11,15-16,18-22H2,1-3H3,(H,34,36)(H,37,38)/t26-,27-,31+/m1/s1. The van der Waals surface area contributed by atoms with Crippen LogP contribution in [0.25, 0.3) is 11.1 Å². The number of sulfone groups is 1. The fraction of sp³-hybridized carbons (Fsp3) is 0.576. The third-order valence-corrected chi connectivity index (χ3v) is 11.8. The Hall–Kier alpha value is -2.40. The highest BCUT2D eigenvalue weighted by Gasteiger charge is 2.40. The molecule has 3 atom stereocenters. The molecule has 1 amide bonds. The van der Waals surface area contributed by atoms with Gasteiger partial charge in [0.25, 0.3) is 5.91 Å². The minimum absolute atomic E-state index is 0.0197. The highest BCUT2D eigenvalue weighted by atomic mass is 32.2. The summed E-state index contributed by atoms with van der Waals surface area (Å²) in [5, 5.41) is 12.0. The Bertz CT molecular complexity index is 1360. The highest BCUT2D eigenvalue weighted by Crippen LogP contribution is 2.33. The van der Waals surface area contributed by atoms with Crippen molar-refractivity contribution in [3.63, 3.8) is 0 Å². The van der Waals surface area contributed by atoms with Gasteiger partial charge in [-0.3, -0.25) is 9.69 Å². The molecule has 1 aliphatic heterocycles. The van der Waals surface area contributed by atoms with Gasteiger partial charge in [0.15, 0.2) is 9.84 Å². The Morgan fingerprint density at radius 2 is 1.86 bits per heavy atom. The van der Waals surface area contributed by atoms with Gasteiger partial charge >= 0.3 is 5.97 Å². The first-order chi connectivity index (χ1) is 20.6. The number of ether oxygens (including phenoxy) is 1. The first-order valence-electron chi connectivity index (χ1n) is 15.3. The third kappa shape index (κ3) is 8.84. The number of hydrogen-bond acceptors (Lipinski definition) is 7. The van der Waals surface area contributed by atoms with E-state index in [1.54, 1.807) is 13.2 Å². The molecule has 1 aliphatic carbocycles. The molecule has 10 heteroatoms. The summed E-state index contributed by atoms with van der Waals surface area (Å²) in [5.74, 6) is -0.309. The van der Waals surface area contributed by atoms with Crippen LogP contribution in [0.1, 0.15) is 66.4 Å². The van der Waals surface area contributed by atoms with E-state index in [1.807, 2.05) is 49.6 Å². The summed E-state index contributed by atoms with van der Waals surface area (Å²) in [4.78, 5) is 27.5. The van der Waals surface area contributed by atoms with Crippen LogP contribution >= 0.6 is 11.8 Å². The van der Waals surface area contributed by atoms with Crippen molar-refractivity contribution in [2.75, 3.05) is 38.0 Å². The van der Waals surface area contributed by atoms with Crippen molar-refractivity contribution in [3.05, 3.63) is 59.2 Å². The number of carboxylic acid groups (broad SMARTS) is 1. The average molecular weight is 631 g/mol. The maximum absolute atomic E-state index is 13.5. The fourth-order valence-electron chi connectivity index (χ4n) is 6.53. The molecule has 2 N–H and O–H groups in total. The van der Waals surface area contributed by atoms with Crippen LogP contribution in [0.5, 0.6) is 0 Å². The molecule has 2 aromatic rings. The van der Waals surface area contributed by atoms with Crippen molar-refractivity contribution in [1.82, 2.24) is 10.2 Å². The van der Waals surface area contributed by atoms with Crippen LogP contribution < -0.4 is 5.32 Å². The summed E-state index contributed by atoms with van der Waals surface area (Å²) >= 11 is 1.54. The summed E-state index contributed by atoms with van der Waals surface area (Å²) in [5.41, 5.74) is 3.99.